The van der Waals surface area contributed by atoms with Gasteiger partial charge < -0.3 is 22.8 Å². The van der Waals surface area contributed by atoms with Gasteiger partial charge in [-0.1, -0.05) is 82.1 Å². The van der Waals surface area contributed by atoms with E-state index in [1.54, 1.807) is 23.6 Å². The zero-order valence-electron chi connectivity index (χ0n) is 32.6. The average molecular weight is 815 g/mol. The Labute approximate surface area is 330 Å². The molecule has 8 aromatic heterocycles. The maximum absolute atomic E-state index is 11.6. The van der Waals surface area contributed by atoms with Gasteiger partial charge in [0, 0.05) is 34.2 Å². The summed E-state index contributed by atoms with van der Waals surface area (Å²) in [5.41, 5.74) is 7.58. The van der Waals surface area contributed by atoms with Crippen LogP contribution in [0, 0.1) is 20.8 Å². The molecule has 4 N–H and O–H groups in total. The molecular weight excluding hydrogens is 776 g/mol. The van der Waals surface area contributed by atoms with Gasteiger partial charge in [0.2, 0.25) is 0 Å². The number of aromatic amines is 4. The molecule has 0 bridgehead atoms. The fourth-order valence-corrected chi connectivity index (χ4v) is 6.51. The van der Waals surface area contributed by atoms with Gasteiger partial charge in [0.1, 0.15) is 10.8 Å². The molecule has 0 aliphatic carbocycles. The van der Waals surface area contributed by atoms with Crippen LogP contribution < -0.4 is 27.8 Å². The van der Waals surface area contributed by atoms with Gasteiger partial charge >= 0.3 is 23.0 Å². The average Bonchev–Trinajstić information content (AvgIpc) is 4.06. The summed E-state index contributed by atoms with van der Waals surface area (Å²) >= 11 is 6.04. The number of nitrogens with zero attached hydrogens (tertiary/aromatic N) is 6. The van der Waals surface area contributed by atoms with E-state index in [0.29, 0.717) is 33.4 Å². The van der Waals surface area contributed by atoms with Gasteiger partial charge in [-0.3, -0.25) is 0 Å². The highest BCUT2D eigenvalue weighted by atomic mass is 35.5. The Balaban J connectivity index is 0.000000121. The third-order valence-corrected chi connectivity index (χ3v) is 9.38. The van der Waals surface area contributed by atoms with Gasteiger partial charge in [-0.05, 0) is 44.9 Å². The van der Waals surface area contributed by atoms with Gasteiger partial charge in [0.05, 0.1) is 16.9 Å². The molecule has 0 unspecified atom stereocenters. The lowest BCUT2D eigenvalue weighted by Crippen LogP contribution is -2.14. The number of para-hydroxylation sites is 1. The van der Waals surface area contributed by atoms with Crippen LogP contribution in [-0.2, 0) is 5.41 Å². The summed E-state index contributed by atoms with van der Waals surface area (Å²) in [6, 6.07) is 17.3. The topological polar surface area (TPSA) is 237 Å². The first-order chi connectivity index (χ1) is 27.5. The van der Waals surface area contributed by atoms with E-state index in [1.807, 2.05) is 83.1 Å². The van der Waals surface area contributed by atoms with Gasteiger partial charge in [-0.2, -0.15) is 30.8 Å². The predicted octanol–water partition coefficient (Wildman–Crippen LogP) is 6.62. The molecule has 0 spiro atoms. The summed E-state index contributed by atoms with van der Waals surface area (Å²) in [4.78, 5) is 44.8. The maximum Gasteiger partial charge on any atom is 0.461 e. The van der Waals surface area contributed by atoms with Crippen LogP contribution in [0.4, 0.5) is 0 Å². The predicted molar refractivity (Wildman–Crippen MR) is 213 cm³/mol. The van der Waals surface area contributed by atoms with Gasteiger partial charge in [-0.25, -0.2) is 28.0 Å². The Kier molecular flexibility index (Phi) is 10.2. The molecule has 0 aliphatic heterocycles. The first-order valence-electron chi connectivity index (χ1n) is 17.9. The van der Waals surface area contributed by atoms with Crippen molar-refractivity contribution >= 4 is 45.1 Å². The first kappa shape index (κ1) is 39.1. The number of benzene rings is 2. The highest BCUT2D eigenvalue weighted by Gasteiger charge is 2.25. The van der Waals surface area contributed by atoms with Gasteiger partial charge in [-0.15, -0.1) is 9.03 Å². The van der Waals surface area contributed by atoms with E-state index >= 15 is 0 Å². The second-order valence-electron chi connectivity index (χ2n) is 14.7. The molecule has 0 fully saturated rings. The van der Waals surface area contributed by atoms with E-state index in [1.165, 1.54) is 14.5 Å². The molecule has 0 saturated heterocycles. The molecule has 0 amide bonds. The molecule has 0 atom stereocenters. The Morgan fingerprint density at radius 2 is 1.36 bits per heavy atom. The lowest BCUT2D eigenvalue weighted by molar-refractivity contribution is 0.381. The van der Waals surface area contributed by atoms with E-state index in [4.69, 9.17) is 25.4 Å². The summed E-state index contributed by atoms with van der Waals surface area (Å²) in [5, 5.41) is 19.5. The largest absolute Gasteiger partial charge is 0.461 e. The van der Waals surface area contributed by atoms with Crippen molar-refractivity contribution in [3.63, 3.8) is 0 Å². The molecule has 19 nitrogen and oxygen atoms in total. The molecule has 0 radical (unpaired) electrons. The fraction of sp³-hybridized carbons (Fsp3) is 0.263. The van der Waals surface area contributed by atoms with Crippen LogP contribution >= 0.6 is 11.6 Å². The number of rotatable bonds is 3. The van der Waals surface area contributed by atoms with Crippen LogP contribution in [0.3, 0.4) is 0 Å². The van der Waals surface area contributed by atoms with Crippen LogP contribution in [0.2, 0.25) is 5.02 Å². The van der Waals surface area contributed by atoms with Crippen molar-refractivity contribution in [2.24, 2.45) is 0 Å². The number of aromatic nitrogens is 10. The zero-order valence-corrected chi connectivity index (χ0v) is 33.3. The Bertz CT molecular complexity index is 3270. The fourth-order valence-electron chi connectivity index (χ4n) is 6.07. The number of fused-ring (bicyclic) bond motifs is 6. The summed E-state index contributed by atoms with van der Waals surface area (Å²) in [7, 11) is 0. The molecular formula is C38H39ClN10O9. The van der Waals surface area contributed by atoms with Crippen LogP contribution in [0.25, 0.3) is 33.5 Å². The van der Waals surface area contributed by atoms with Crippen LogP contribution in [0.1, 0.15) is 68.6 Å². The Morgan fingerprint density at radius 3 is 2.03 bits per heavy atom. The third-order valence-electron chi connectivity index (χ3n) is 9.02. The van der Waals surface area contributed by atoms with E-state index in [9.17, 15) is 19.2 Å². The van der Waals surface area contributed by atoms with Crippen molar-refractivity contribution in [2.75, 3.05) is 0 Å². The van der Waals surface area contributed by atoms with Crippen molar-refractivity contribution in [3.05, 3.63) is 136 Å². The number of H-pyrrole nitrogens is 4. The second-order valence-corrected chi connectivity index (χ2v) is 15.0. The highest BCUT2D eigenvalue weighted by Crippen LogP contribution is 2.35. The van der Waals surface area contributed by atoms with Crippen molar-refractivity contribution in [3.8, 4) is 11.5 Å². The summed E-state index contributed by atoms with van der Waals surface area (Å²) in [5.74, 6) is -0.254. The number of hydrogen-bond acceptors (Lipinski definition) is 11. The molecule has 20 heteroatoms. The minimum absolute atomic E-state index is 0.198. The van der Waals surface area contributed by atoms with Crippen LogP contribution in [0.5, 0.6) is 11.5 Å². The monoisotopic (exact) mass is 814 g/mol. The number of nitrogens with one attached hydrogen (secondary N) is 4. The minimum Gasteiger partial charge on any atom is -0.453 e. The van der Waals surface area contributed by atoms with Crippen LogP contribution in [-0.4, -0.2) is 48.7 Å². The highest BCUT2D eigenvalue weighted by molar-refractivity contribution is 6.34. The minimum atomic E-state index is -0.558. The summed E-state index contributed by atoms with van der Waals surface area (Å²) < 4.78 is 29.7. The number of halogens is 1. The zero-order chi connectivity index (χ0) is 41.6. The Morgan fingerprint density at radius 1 is 0.741 bits per heavy atom. The van der Waals surface area contributed by atoms with Crippen molar-refractivity contribution in [1.29, 1.82) is 0 Å². The Hall–Kier alpha value is -7.15. The first-order valence-corrected chi connectivity index (χ1v) is 18.3. The molecule has 0 saturated carbocycles. The smallest absolute Gasteiger partial charge is 0.453 e. The van der Waals surface area contributed by atoms with Crippen molar-refractivity contribution in [1.82, 2.24) is 48.7 Å². The number of hydrogen-bond donors (Lipinski definition) is 4. The van der Waals surface area contributed by atoms with Crippen LogP contribution in [0.15, 0.2) is 98.1 Å². The summed E-state index contributed by atoms with van der Waals surface area (Å²) in [6.07, 6.45) is 1.76. The molecule has 302 valence electrons. The maximum atomic E-state index is 11.6. The van der Waals surface area contributed by atoms with Crippen molar-refractivity contribution < 1.29 is 22.8 Å². The van der Waals surface area contributed by atoms with Gasteiger partial charge in [0.15, 0.2) is 28.3 Å². The van der Waals surface area contributed by atoms with E-state index in [0.717, 1.165) is 43.6 Å². The van der Waals surface area contributed by atoms with Crippen molar-refractivity contribution in [2.45, 2.75) is 66.7 Å². The number of aryl methyl sites for hydroxylation is 3. The summed E-state index contributed by atoms with van der Waals surface area (Å²) in [6.45, 7) is 15.8. The van der Waals surface area contributed by atoms with E-state index in [2.05, 4.69) is 53.7 Å². The lowest BCUT2D eigenvalue weighted by Gasteiger charge is -2.14. The molecule has 8 heterocycles. The standard InChI is InChI=1S/C15H16N2O3.C10H8N2O2.C8H10ClN3O2.C5H5N3O2/c1-9(2)12-8-17-14(16-20-15(17)18)13(12)19-11-6-4-10(3)5-7-11;1-6-7-4-2-3-5-8(7)12-9(6)11-14-10(12)13;1-8(2,3)5-4(9)6-11-14-7(13)12(6)10-5;1-3-2-4-7-10-5(9)8(4)6-3/h4-9,16H,1-3H3;2-5,11H,1H3;11H,1-3H3;2,7H,1H3. The molecule has 0 aliphatic rings. The number of ether oxygens (including phenoxy) is 1. The lowest BCUT2D eigenvalue weighted by atomic mass is 9.92. The second kappa shape index (κ2) is 15.1. The molecule has 10 aromatic rings. The van der Waals surface area contributed by atoms with E-state index < -0.39 is 17.3 Å². The molecule has 10 rings (SSSR count). The van der Waals surface area contributed by atoms with Gasteiger partial charge in [0.25, 0.3) is 0 Å². The quantitative estimate of drug-likeness (QED) is 0.148. The third kappa shape index (κ3) is 7.29. The normalized spacial score (nSPS) is 11.6. The van der Waals surface area contributed by atoms with E-state index in [-0.39, 0.29) is 17.1 Å². The SMILES string of the molecule is CC(C)(C)c1nn2c(=O)o[nH]c2c1Cl.Cc1c2ccccc2n2c(=O)o[nH]c12.Cc1cc2[nH]oc(=O)n2n1.Cc1ccc(Oc2c(C(C)C)cn3c(=O)o[nH]c23)cc1. The molecule has 58 heavy (non-hydrogen) atoms. The molecule has 2 aromatic carbocycles.